The third kappa shape index (κ3) is 1.99. The molecule has 0 aliphatic rings. The van der Waals surface area contributed by atoms with Gasteiger partial charge in [0.1, 0.15) is 5.82 Å². The molecule has 1 rings (SSSR count). The molecule has 68 valence electrons. The molecule has 0 heterocycles. The largest absolute Gasteiger partial charge is 0.298 e. The highest BCUT2D eigenvalue weighted by molar-refractivity contribution is 6.02. The van der Waals surface area contributed by atoms with Gasteiger partial charge < -0.3 is 0 Å². The van der Waals surface area contributed by atoms with E-state index in [-0.39, 0.29) is 11.3 Å². The topological polar surface area (TPSA) is 34.1 Å². The molecular weight excluding hydrogens is 171 g/mol. The number of halogens is 1. The standard InChI is InChI=1S/C10H9FO2/c1-2-10(13)9-4-3-8(11)5-7(9)6-12/h3-6H,2H2,1H3. The Morgan fingerprint density at radius 3 is 2.77 bits per heavy atom. The first-order valence-electron chi connectivity index (χ1n) is 3.97. The maximum absolute atomic E-state index is 12.6. The van der Waals surface area contributed by atoms with Gasteiger partial charge in [0.2, 0.25) is 0 Å². The first-order chi connectivity index (χ1) is 6.19. The fourth-order valence-electron chi connectivity index (χ4n) is 1.08. The van der Waals surface area contributed by atoms with Crippen LogP contribution in [0.1, 0.15) is 34.1 Å². The van der Waals surface area contributed by atoms with E-state index in [1.54, 1.807) is 6.92 Å². The predicted octanol–water partition coefficient (Wildman–Crippen LogP) is 2.23. The van der Waals surface area contributed by atoms with Crippen molar-refractivity contribution in [3.05, 3.63) is 35.1 Å². The van der Waals surface area contributed by atoms with E-state index in [1.807, 2.05) is 0 Å². The lowest BCUT2D eigenvalue weighted by atomic mass is 10.0. The van der Waals surface area contributed by atoms with Gasteiger partial charge in [0, 0.05) is 17.5 Å². The summed E-state index contributed by atoms with van der Waals surface area (Å²) in [6.45, 7) is 1.69. The molecule has 0 amide bonds. The maximum atomic E-state index is 12.6. The highest BCUT2D eigenvalue weighted by Crippen LogP contribution is 2.11. The van der Waals surface area contributed by atoms with Crippen LogP contribution in [-0.4, -0.2) is 12.1 Å². The van der Waals surface area contributed by atoms with Gasteiger partial charge in [-0.25, -0.2) is 4.39 Å². The molecule has 0 saturated carbocycles. The van der Waals surface area contributed by atoms with E-state index in [1.165, 1.54) is 12.1 Å². The van der Waals surface area contributed by atoms with Crippen molar-refractivity contribution < 1.29 is 14.0 Å². The number of carbonyl (C=O) groups is 2. The molecule has 0 aromatic heterocycles. The Balaban J connectivity index is 3.20. The fraction of sp³-hybridized carbons (Fsp3) is 0.200. The van der Waals surface area contributed by atoms with Gasteiger partial charge in [0.05, 0.1) is 0 Å². The number of Topliss-reactive ketones (excluding diaryl/α,β-unsaturated/α-hetero) is 1. The van der Waals surface area contributed by atoms with E-state index < -0.39 is 5.82 Å². The van der Waals surface area contributed by atoms with Crippen LogP contribution >= 0.6 is 0 Å². The highest BCUT2D eigenvalue weighted by Gasteiger charge is 2.09. The van der Waals surface area contributed by atoms with Crippen molar-refractivity contribution in [1.82, 2.24) is 0 Å². The number of carbonyl (C=O) groups excluding carboxylic acids is 2. The summed E-state index contributed by atoms with van der Waals surface area (Å²) >= 11 is 0. The summed E-state index contributed by atoms with van der Waals surface area (Å²) in [5.41, 5.74) is 0.408. The average molecular weight is 180 g/mol. The van der Waals surface area contributed by atoms with Gasteiger partial charge in [-0.05, 0) is 18.2 Å². The van der Waals surface area contributed by atoms with E-state index in [0.29, 0.717) is 18.3 Å². The summed E-state index contributed by atoms with van der Waals surface area (Å²) in [4.78, 5) is 21.7. The molecule has 3 heteroatoms. The van der Waals surface area contributed by atoms with Gasteiger partial charge in [0.25, 0.3) is 0 Å². The molecule has 1 aromatic rings. The van der Waals surface area contributed by atoms with Crippen LogP contribution in [0.15, 0.2) is 18.2 Å². The number of ketones is 1. The second-order valence-corrected chi connectivity index (χ2v) is 2.63. The minimum Gasteiger partial charge on any atom is -0.298 e. The van der Waals surface area contributed by atoms with Crippen LogP contribution in [0.5, 0.6) is 0 Å². The van der Waals surface area contributed by atoms with Crippen molar-refractivity contribution in [3.8, 4) is 0 Å². The molecule has 0 atom stereocenters. The van der Waals surface area contributed by atoms with Gasteiger partial charge in [-0.15, -0.1) is 0 Å². The van der Waals surface area contributed by atoms with E-state index in [9.17, 15) is 14.0 Å². The molecule has 13 heavy (non-hydrogen) atoms. The molecule has 0 aliphatic heterocycles. The minimum absolute atomic E-state index is 0.117. The number of benzene rings is 1. The first-order valence-corrected chi connectivity index (χ1v) is 3.97. The van der Waals surface area contributed by atoms with Gasteiger partial charge in [-0.1, -0.05) is 6.92 Å². The van der Waals surface area contributed by atoms with Crippen molar-refractivity contribution in [2.24, 2.45) is 0 Å². The van der Waals surface area contributed by atoms with Crippen LogP contribution < -0.4 is 0 Å². The normalized spacial score (nSPS) is 9.69. The molecule has 0 bridgehead atoms. The van der Waals surface area contributed by atoms with Crippen LogP contribution in [-0.2, 0) is 0 Å². The fourth-order valence-corrected chi connectivity index (χ4v) is 1.08. The molecular formula is C10H9FO2. The summed E-state index contributed by atoms with van der Waals surface area (Å²) in [5, 5.41) is 0. The van der Waals surface area contributed by atoms with Gasteiger partial charge >= 0.3 is 0 Å². The third-order valence-corrected chi connectivity index (χ3v) is 1.76. The molecule has 0 radical (unpaired) electrons. The second kappa shape index (κ2) is 3.94. The molecule has 0 fully saturated rings. The van der Waals surface area contributed by atoms with Gasteiger partial charge in [-0.2, -0.15) is 0 Å². The lowest BCUT2D eigenvalue weighted by Crippen LogP contribution is -2.02. The van der Waals surface area contributed by atoms with Crippen LogP contribution in [0.4, 0.5) is 4.39 Å². The van der Waals surface area contributed by atoms with E-state index in [0.717, 1.165) is 6.07 Å². The quantitative estimate of drug-likeness (QED) is 0.528. The summed E-state index contributed by atoms with van der Waals surface area (Å²) in [6, 6.07) is 3.58. The zero-order valence-corrected chi connectivity index (χ0v) is 7.21. The van der Waals surface area contributed by atoms with Crippen molar-refractivity contribution in [3.63, 3.8) is 0 Å². The van der Waals surface area contributed by atoms with Crippen LogP contribution in [0, 0.1) is 5.82 Å². The highest BCUT2D eigenvalue weighted by atomic mass is 19.1. The summed E-state index contributed by atoms with van der Waals surface area (Å²) in [5.74, 6) is -0.656. The van der Waals surface area contributed by atoms with Gasteiger partial charge in [-0.3, -0.25) is 9.59 Å². The van der Waals surface area contributed by atoms with E-state index in [4.69, 9.17) is 0 Å². The van der Waals surface area contributed by atoms with Crippen molar-refractivity contribution >= 4 is 12.1 Å². The Labute approximate surface area is 75.4 Å². The first kappa shape index (κ1) is 9.58. The molecule has 0 saturated heterocycles. The molecule has 0 spiro atoms. The smallest absolute Gasteiger partial charge is 0.163 e. The lowest BCUT2D eigenvalue weighted by molar-refractivity contribution is 0.0981. The summed E-state index contributed by atoms with van der Waals surface area (Å²) < 4.78 is 12.6. The van der Waals surface area contributed by atoms with Gasteiger partial charge in [0.15, 0.2) is 12.1 Å². The van der Waals surface area contributed by atoms with E-state index in [2.05, 4.69) is 0 Å². The van der Waals surface area contributed by atoms with Crippen LogP contribution in [0.2, 0.25) is 0 Å². The SMILES string of the molecule is CCC(=O)c1ccc(F)cc1C=O. The monoisotopic (exact) mass is 180 g/mol. The van der Waals surface area contributed by atoms with Crippen LogP contribution in [0.3, 0.4) is 0 Å². The summed E-state index contributed by atoms with van der Waals surface area (Å²) in [7, 11) is 0. The maximum Gasteiger partial charge on any atom is 0.163 e. The second-order valence-electron chi connectivity index (χ2n) is 2.63. The Kier molecular flexibility index (Phi) is 2.90. The number of aldehydes is 1. The molecule has 0 aliphatic carbocycles. The number of rotatable bonds is 3. The lowest BCUT2D eigenvalue weighted by Gasteiger charge is -2.00. The molecule has 0 N–H and O–H groups in total. The Morgan fingerprint density at radius 1 is 1.54 bits per heavy atom. The zero-order valence-electron chi connectivity index (χ0n) is 7.21. The minimum atomic E-state index is -0.505. The number of hydrogen-bond donors (Lipinski definition) is 0. The number of hydrogen-bond acceptors (Lipinski definition) is 2. The molecule has 0 unspecified atom stereocenters. The zero-order chi connectivity index (χ0) is 9.84. The summed E-state index contributed by atoms with van der Waals surface area (Å²) in [6.07, 6.45) is 0.804. The Morgan fingerprint density at radius 2 is 2.23 bits per heavy atom. The average Bonchev–Trinajstić information content (AvgIpc) is 2.16. The molecule has 2 nitrogen and oxygen atoms in total. The third-order valence-electron chi connectivity index (χ3n) is 1.76. The Hall–Kier alpha value is -1.51. The Bertz CT molecular complexity index is 345. The van der Waals surface area contributed by atoms with Crippen molar-refractivity contribution in [2.45, 2.75) is 13.3 Å². The predicted molar refractivity (Wildman–Crippen MR) is 46.4 cm³/mol. The van der Waals surface area contributed by atoms with Crippen molar-refractivity contribution in [2.75, 3.05) is 0 Å². The molecule has 1 aromatic carbocycles. The van der Waals surface area contributed by atoms with Crippen LogP contribution in [0.25, 0.3) is 0 Å². The van der Waals surface area contributed by atoms with Crippen molar-refractivity contribution in [1.29, 1.82) is 0 Å². The van der Waals surface area contributed by atoms with E-state index >= 15 is 0 Å².